The minimum Gasteiger partial charge on any atom is -0.481 e. The lowest BCUT2D eigenvalue weighted by molar-refractivity contribution is -0.142. The Balaban J connectivity index is 1.67. The van der Waals surface area contributed by atoms with Gasteiger partial charge in [0.15, 0.2) is 11.5 Å². The fourth-order valence-corrected chi connectivity index (χ4v) is 2.84. The Morgan fingerprint density at radius 2 is 2.19 bits per heavy atom. The summed E-state index contributed by atoms with van der Waals surface area (Å²) in [4.78, 5) is 15.7. The van der Waals surface area contributed by atoms with Gasteiger partial charge in [0.25, 0.3) is 0 Å². The number of hydrogen-bond donors (Lipinski definition) is 1. The van der Waals surface area contributed by atoms with Crippen LogP contribution in [-0.4, -0.2) is 27.4 Å². The molecule has 0 radical (unpaired) electrons. The van der Waals surface area contributed by atoms with E-state index < -0.39 is 5.97 Å². The van der Waals surface area contributed by atoms with Crippen molar-refractivity contribution < 1.29 is 19.4 Å². The van der Waals surface area contributed by atoms with Crippen LogP contribution in [0.3, 0.4) is 0 Å². The molecule has 1 aromatic heterocycles. The number of carbonyl (C=O) groups is 1. The molecular weight excluding hydrogens is 272 g/mol. The number of carboxylic acids is 1. The van der Waals surface area contributed by atoms with Crippen LogP contribution in [0.4, 0.5) is 0 Å². The Morgan fingerprint density at radius 3 is 3.05 bits per heavy atom. The molecule has 6 heteroatoms. The van der Waals surface area contributed by atoms with E-state index in [2.05, 4.69) is 4.98 Å². The average molecular weight is 286 g/mol. The highest BCUT2D eigenvalue weighted by atomic mass is 16.7. The third-order valence-electron chi connectivity index (χ3n) is 4.01. The molecule has 6 nitrogen and oxygen atoms in total. The number of hydrogen-bond acceptors (Lipinski definition) is 4. The number of imidazole rings is 1. The van der Waals surface area contributed by atoms with Gasteiger partial charge in [-0.15, -0.1) is 0 Å². The third kappa shape index (κ3) is 2.03. The number of rotatable bonds is 2. The Morgan fingerprint density at radius 1 is 1.33 bits per heavy atom. The number of fused-ring (bicyclic) bond motifs is 2. The molecule has 3 heterocycles. The van der Waals surface area contributed by atoms with E-state index in [0.717, 1.165) is 28.6 Å². The first-order valence-electron chi connectivity index (χ1n) is 6.89. The van der Waals surface area contributed by atoms with E-state index in [1.807, 2.05) is 29.0 Å². The quantitative estimate of drug-likeness (QED) is 0.913. The minimum absolute atomic E-state index is 0.249. The normalized spacial score (nSPS) is 19.3. The summed E-state index contributed by atoms with van der Waals surface area (Å²) in [5.41, 5.74) is 1.79. The number of ether oxygens (including phenoxy) is 2. The van der Waals surface area contributed by atoms with E-state index >= 15 is 0 Å². The minimum atomic E-state index is -0.737. The lowest BCUT2D eigenvalue weighted by atomic mass is 10.00. The largest absolute Gasteiger partial charge is 0.481 e. The van der Waals surface area contributed by atoms with Crippen molar-refractivity contribution in [1.82, 2.24) is 9.55 Å². The zero-order valence-corrected chi connectivity index (χ0v) is 11.3. The molecule has 1 atom stereocenters. The first kappa shape index (κ1) is 12.3. The molecule has 0 bridgehead atoms. The van der Waals surface area contributed by atoms with Crippen LogP contribution in [0, 0.1) is 5.92 Å². The molecule has 0 aliphatic carbocycles. The van der Waals surface area contributed by atoms with E-state index in [4.69, 9.17) is 14.6 Å². The summed E-state index contributed by atoms with van der Waals surface area (Å²) in [6.45, 7) is 0.737. The molecule has 1 N–H and O–H groups in total. The van der Waals surface area contributed by atoms with Crippen LogP contribution in [0.25, 0.3) is 11.3 Å². The molecule has 0 saturated heterocycles. The number of aromatic nitrogens is 2. The van der Waals surface area contributed by atoms with Crippen LogP contribution in [0.2, 0.25) is 0 Å². The maximum Gasteiger partial charge on any atom is 0.308 e. The second-order valence-corrected chi connectivity index (χ2v) is 5.34. The van der Waals surface area contributed by atoms with E-state index in [1.54, 1.807) is 0 Å². The fraction of sp³-hybridized carbons (Fsp3) is 0.333. The first-order chi connectivity index (χ1) is 10.2. The molecule has 0 amide bonds. The highest BCUT2D eigenvalue weighted by Crippen LogP contribution is 2.36. The molecule has 2 aliphatic rings. The Kier molecular flexibility index (Phi) is 2.63. The molecule has 108 valence electrons. The second-order valence-electron chi connectivity index (χ2n) is 5.34. The van der Waals surface area contributed by atoms with Crippen molar-refractivity contribution in [3.05, 3.63) is 30.2 Å². The van der Waals surface area contributed by atoms with E-state index in [-0.39, 0.29) is 12.7 Å². The molecular formula is C15H14N2O4. The van der Waals surface area contributed by atoms with Gasteiger partial charge in [-0.1, -0.05) is 0 Å². The Labute approximate surface area is 120 Å². The van der Waals surface area contributed by atoms with Crippen molar-refractivity contribution >= 4 is 5.97 Å². The van der Waals surface area contributed by atoms with E-state index in [9.17, 15) is 4.79 Å². The topological polar surface area (TPSA) is 73.6 Å². The van der Waals surface area contributed by atoms with Gasteiger partial charge in [-0.2, -0.15) is 0 Å². The predicted molar refractivity (Wildman–Crippen MR) is 73.2 cm³/mol. The van der Waals surface area contributed by atoms with Gasteiger partial charge in [-0.25, -0.2) is 4.98 Å². The number of aliphatic carboxylic acids is 1. The Hall–Kier alpha value is -2.50. The van der Waals surface area contributed by atoms with Crippen molar-refractivity contribution in [3.63, 3.8) is 0 Å². The fourth-order valence-electron chi connectivity index (χ4n) is 2.84. The van der Waals surface area contributed by atoms with Crippen LogP contribution in [0.5, 0.6) is 11.5 Å². The maximum atomic E-state index is 11.1. The molecule has 0 spiro atoms. The number of carboxylic acid groups (broad SMARTS) is 1. The molecule has 2 aromatic rings. The SMILES string of the molecule is O=C(O)C1CCc2nc(-c3ccc4c(c3)OCO4)cn2C1. The van der Waals surface area contributed by atoms with Crippen molar-refractivity contribution in [1.29, 1.82) is 0 Å². The van der Waals surface area contributed by atoms with E-state index in [1.165, 1.54) is 0 Å². The van der Waals surface area contributed by atoms with Crippen molar-refractivity contribution in [2.45, 2.75) is 19.4 Å². The summed E-state index contributed by atoms with van der Waals surface area (Å²) in [7, 11) is 0. The van der Waals surface area contributed by atoms with Gasteiger partial charge in [0.05, 0.1) is 11.6 Å². The summed E-state index contributed by atoms with van der Waals surface area (Å²) < 4.78 is 12.6. The molecule has 0 fully saturated rings. The monoisotopic (exact) mass is 286 g/mol. The van der Waals surface area contributed by atoms with Crippen LogP contribution >= 0.6 is 0 Å². The number of benzene rings is 1. The van der Waals surface area contributed by atoms with E-state index in [0.29, 0.717) is 19.4 Å². The second kappa shape index (κ2) is 4.51. The number of aryl methyl sites for hydroxylation is 1. The lowest BCUT2D eigenvalue weighted by Gasteiger charge is -2.19. The number of nitrogens with zero attached hydrogens (tertiary/aromatic N) is 2. The zero-order valence-electron chi connectivity index (χ0n) is 11.3. The molecule has 2 aliphatic heterocycles. The molecule has 4 rings (SSSR count). The van der Waals surface area contributed by atoms with Gasteiger partial charge in [0, 0.05) is 24.7 Å². The van der Waals surface area contributed by atoms with Gasteiger partial charge in [0.1, 0.15) is 5.82 Å². The standard InChI is InChI=1S/C15H14N2O4/c18-15(19)10-2-4-14-16-11(7-17(14)6-10)9-1-3-12-13(5-9)21-8-20-12/h1,3,5,7,10H,2,4,6,8H2,(H,18,19). The molecule has 1 unspecified atom stereocenters. The average Bonchev–Trinajstić information content (AvgIpc) is 3.11. The van der Waals surface area contributed by atoms with Crippen LogP contribution in [0.1, 0.15) is 12.2 Å². The Bertz CT molecular complexity index is 722. The van der Waals surface area contributed by atoms with Gasteiger partial charge in [-0.05, 0) is 24.6 Å². The van der Waals surface area contributed by atoms with Crippen LogP contribution < -0.4 is 9.47 Å². The summed E-state index contributed by atoms with van der Waals surface area (Å²) in [6, 6.07) is 5.72. The van der Waals surface area contributed by atoms with Crippen LogP contribution in [-0.2, 0) is 17.8 Å². The summed E-state index contributed by atoms with van der Waals surface area (Å²) in [5, 5.41) is 9.13. The third-order valence-corrected chi connectivity index (χ3v) is 4.01. The van der Waals surface area contributed by atoms with Crippen molar-refractivity contribution in [3.8, 4) is 22.8 Å². The van der Waals surface area contributed by atoms with Crippen LogP contribution in [0.15, 0.2) is 24.4 Å². The predicted octanol–water partition coefficient (Wildman–Crippen LogP) is 1.93. The molecule has 0 saturated carbocycles. The van der Waals surface area contributed by atoms with Gasteiger partial charge in [-0.3, -0.25) is 4.79 Å². The zero-order chi connectivity index (χ0) is 14.4. The smallest absolute Gasteiger partial charge is 0.308 e. The van der Waals surface area contributed by atoms with Crippen molar-refractivity contribution in [2.75, 3.05) is 6.79 Å². The summed E-state index contributed by atoms with van der Waals surface area (Å²) in [6.07, 6.45) is 3.26. The summed E-state index contributed by atoms with van der Waals surface area (Å²) >= 11 is 0. The molecule has 1 aromatic carbocycles. The van der Waals surface area contributed by atoms with Gasteiger partial charge < -0.3 is 19.1 Å². The summed E-state index contributed by atoms with van der Waals surface area (Å²) in [5.74, 6) is 1.35. The first-order valence-corrected chi connectivity index (χ1v) is 6.89. The van der Waals surface area contributed by atoms with Gasteiger partial charge >= 0.3 is 5.97 Å². The lowest BCUT2D eigenvalue weighted by Crippen LogP contribution is -2.26. The molecule has 21 heavy (non-hydrogen) atoms. The maximum absolute atomic E-state index is 11.1. The van der Waals surface area contributed by atoms with Gasteiger partial charge in [0.2, 0.25) is 6.79 Å². The highest BCUT2D eigenvalue weighted by molar-refractivity contribution is 5.70. The van der Waals surface area contributed by atoms with Crippen molar-refractivity contribution in [2.24, 2.45) is 5.92 Å². The highest BCUT2D eigenvalue weighted by Gasteiger charge is 2.26.